The molecule has 1 fully saturated rings. The minimum Gasteiger partial charge on any atom is -0.292 e. The predicted molar refractivity (Wildman–Crippen MR) is 101 cm³/mol. The standard InChI is InChI=1S/C23H27N/c1-4-10-20(11-5-1)18-24(19-21-12-6-2-7-13-21)22-16-23(17-22)14-8-3-9-15-23/h1-8,10-13,22H,9,14-19H2. The van der Waals surface area contributed by atoms with Crippen LogP contribution in [0.3, 0.4) is 0 Å². The van der Waals surface area contributed by atoms with Crippen LogP contribution >= 0.6 is 0 Å². The molecule has 0 atom stereocenters. The highest BCUT2D eigenvalue weighted by Crippen LogP contribution is 2.52. The Morgan fingerprint density at radius 2 is 1.38 bits per heavy atom. The smallest absolute Gasteiger partial charge is 0.0240 e. The number of benzene rings is 2. The lowest BCUT2D eigenvalue weighted by atomic mass is 9.59. The van der Waals surface area contributed by atoms with Crippen LogP contribution in [0.2, 0.25) is 0 Å². The quantitative estimate of drug-likeness (QED) is 0.651. The lowest BCUT2D eigenvalue weighted by molar-refractivity contribution is -0.0146. The van der Waals surface area contributed by atoms with Crippen LogP contribution in [0.4, 0.5) is 0 Å². The molecular formula is C23H27N. The van der Waals surface area contributed by atoms with Crippen molar-refractivity contribution in [2.24, 2.45) is 5.41 Å². The minimum atomic E-state index is 0.616. The summed E-state index contributed by atoms with van der Waals surface area (Å²) in [5.74, 6) is 0. The van der Waals surface area contributed by atoms with Crippen molar-refractivity contribution in [3.05, 3.63) is 83.9 Å². The molecule has 4 rings (SSSR count). The van der Waals surface area contributed by atoms with Gasteiger partial charge in [-0.15, -0.1) is 0 Å². The average molecular weight is 317 g/mol. The third-order valence-corrected chi connectivity index (χ3v) is 5.87. The Hall–Kier alpha value is -1.86. The first-order valence-electron chi connectivity index (χ1n) is 9.30. The van der Waals surface area contributed by atoms with Gasteiger partial charge in [0, 0.05) is 19.1 Å². The summed E-state index contributed by atoms with van der Waals surface area (Å²) in [6.45, 7) is 2.12. The van der Waals surface area contributed by atoms with Crippen LogP contribution in [0.5, 0.6) is 0 Å². The molecule has 0 aliphatic heterocycles. The summed E-state index contributed by atoms with van der Waals surface area (Å²) < 4.78 is 0. The van der Waals surface area contributed by atoms with Crippen LogP contribution in [0.25, 0.3) is 0 Å². The van der Waals surface area contributed by atoms with Gasteiger partial charge < -0.3 is 0 Å². The van der Waals surface area contributed by atoms with E-state index in [1.807, 2.05) is 0 Å². The first kappa shape index (κ1) is 15.7. The topological polar surface area (TPSA) is 3.24 Å². The van der Waals surface area contributed by atoms with Gasteiger partial charge in [0.15, 0.2) is 0 Å². The second-order valence-electron chi connectivity index (χ2n) is 7.65. The van der Waals surface area contributed by atoms with E-state index in [0.717, 1.165) is 19.1 Å². The molecule has 1 saturated carbocycles. The number of hydrogen-bond acceptors (Lipinski definition) is 1. The molecule has 2 aliphatic carbocycles. The second-order valence-corrected chi connectivity index (χ2v) is 7.65. The van der Waals surface area contributed by atoms with Crippen molar-refractivity contribution in [3.63, 3.8) is 0 Å². The third kappa shape index (κ3) is 3.47. The van der Waals surface area contributed by atoms with E-state index >= 15 is 0 Å². The Morgan fingerprint density at radius 1 is 0.792 bits per heavy atom. The molecule has 0 amide bonds. The molecule has 0 aromatic heterocycles. The minimum absolute atomic E-state index is 0.616. The first-order chi connectivity index (χ1) is 11.8. The molecule has 1 nitrogen and oxygen atoms in total. The SMILES string of the molecule is C1=CCC2(CC1)CC(N(Cc1ccccc1)Cc1ccccc1)C2. The molecule has 2 aromatic rings. The summed E-state index contributed by atoms with van der Waals surface area (Å²) >= 11 is 0. The molecule has 24 heavy (non-hydrogen) atoms. The van der Waals surface area contributed by atoms with Crippen LogP contribution in [-0.4, -0.2) is 10.9 Å². The zero-order valence-corrected chi connectivity index (χ0v) is 14.4. The molecule has 0 bridgehead atoms. The number of nitrogens with zero attached hydrogens (tertiary/aromatic N) is 1. The van der Waals surface area contributed by atoms with Crippen LogP contribution in [0.15, 0.2) is 72.8 Å². The highest BCUT2D eigenvalue weighted by molar-refractivity contribution is 5.18. The molecule has 2 aromatic carbocycles. The van der Waals surface area contributed by atoms with Crippen molar-refractivity contribution in [2.75, 3.05) is 0 Å². The monoisotopic (exact) mass is 317 g/mol. The third-order valence-electron chi connectivity index (χ3n) is 5.87. The highest BCUT2D eigenvalue weighted by atomic mass is 15.2. The second kappa shape index (κ2) is 6.94. The molecule has 0 saturated heterocycles. The largest absolute Gasteiger partial charge is 0.292 e. The van der Waals surface area contributed by atoms with Gasteiger partial charge in [-0.2, -0.15) is 0 Å². The summed E-state index contributed by atoms with van der Waals surface area (Å²) in [4.78, 5) is 2.70. The van der Waals surface area contributed by atoms with E-state index in [0.29, 0.717) is 5.41 Å². The molecule has 124 valence electrons. The average Bonchev–Trinajstić information content (AvgIpc) is 2.62. The Bertz CT molecular complexity index is 626. The van der Waals surface area contributed by atoms with Gasteiger partial charge >= 0.3 is 0 Å². The molecule has 0 radical (unpaired) electrons. The zero-order valence-electron chi connectivity index (χ0n) is 14.4. The van der Waals surface area contributed by atoms with Gasteiger partial charge in [0.2, 0.25) is 0 Å². The molecule has 1 spiro atoms. The summed E-state index contributed by atoms with van der Waals surface area (Å²) in [7, 11) is 0. The van der Waals surface area contributed by atoms with Crippen molar-refractivity contribution in [1.29, 1.82) is 0 Å². The summed E-state index contributed by atoms with van der Waals surface area (Å²) in [5, 5.41) is 0. The van der Waals surface area contributed by atoms with E-state index in [-0.39, 0.29) is 0 Å². The van der Waals surface area contributed by atoms with Gasteiger partial charge in [0.1, 0.15) is 0 Å². The molecular weight excluding hydrogens is 290 g/mol. The van der Waals surface area contributed by atoms with E-state index in [1.165, 1.54) is 43.2 Å². The van der Waals surface area contributed by atoms with Crippen molar-refractivity contribution in [2.45, 2.75) is 51.2 Å². The fourth-order valence-corrected chi connectivity index (χ4v) is 4.46. The van der Waals surface area contributed by atoms with E-state index in [2.05, 4.69) is 77.7 Å². The van der Waals surface area contributed by atoms with E-state index in [1.54, 1.807) is 0 Å². The van der Waals surface area contributed by atoms with E-state index < -0.39 is 0 Å². The molecule has 1 heteroatoms. The van der Waals surface area contributed by atoms with Crippen molar-refractivity contribution in [1.82, 2.24) is 4.90 Å². The first-order valence-corrected chi connectivity index (χ1v) is 9.30. The Morgan fingerprint density at radius 3 is 1.88 bits per heavy atom. The van der Waals surface area contributed by atoms with E-state index in [9.17, 15) is 0 Å². The van der Waals surface area contributed by atoms with Gasteiger partial charge in [0.05, 0.1) is 0 Å². The number of allylic oxidation sites excluding steroid dienone is 2. The Kier molecular flexibility index (Phi) is 4.53. The van der Waals surface area contributed by atoms with Gasteiger partial charge in [-0.1, -0.05) is 72.8 Å². The van der Waals surface area contributed by atoms with Gasteiger partial charge in [-0.05, 0) is 48.6 Å². The van der Waals surface area contributed by atoms with Crippen LogP contribution in [0, 0.1) is 5.41 Å². The van der Waals surface area contributed by atoms with Gasteiger partial charge in [0.25, 0.3) is 0 Å². The zero-order chi connectivity index (χ0) is 16.2. The molecule has 0 heterocycles. The molecule has 0 N–H and O–H groups in total. The van der Waals surface area contributed by atoms with Gasteiger partial charge in [-0.25, -0.2) is 0 Å². The van der Waals surface area contributed by atoms with Crippen molar-refractivity contribution in [3.8, 4) is 0 Å². The molecule has 0 unspecified atom stereocenters. The fourth-order valence-electron chi connectivity index (χ4n) is 4.46. The Labute approximate surface area is 146 Å². The summed E-state index contributed by atoms with van der Waals surface area (Å²) in [6.07, 6.45) is 11.5. The number of hydrogen-bond donors (Lipinski definition) is 0. The maximum absolute atomic E-state index is 2.70. The summed E-state index contributed by atoms with van der Waals surface area (Å²) in [6, 6.07) is 22.6. The van der Waals surface area contributed by atoms with Crippen LogP contribution in [-0.2, 0) is 13.1 Å². The lowest BCUT2D eigenvalue weighted by Gasteiger charge is -2.53. The summed E-state index contributed by atoms with van der Waals surface area (Å²) in [5.41, 5.74) is 3.47. The van der Waals surface area contributed by atoms with Crippen LogP contribution in [0.1, 0.15) is 43.2 Å². The molecule has 2 aliphatic rings. The van der Waals surface area contributed by atoms with Crippen molar-refractivity contribution < 1.29 is 0 Å². The number of rotatable bonds is 5. The lowest BCUT2D eigenvalue weighted by Crippen LogP contribution is -2.50. The van der Waals surface area contributed by atoms with E-state index in [4.69, 9.17) is 0 Å². The Balaban J connectivity index is 1.47. The predicted octanol–water partition coefficient (Wildman–Crippen LogP) is 5.58. The van der Waals surface area contributed by atoms with Crippen LogP contribution < -0.4 is 0 Å². The highest BCUT2D eigenvalue weighted by Gasteiger charge is 2.45. The normalized spacial score (nSPS) is 25.8. The maximum atomic E-state index is 2.70. The maximum Gasteiger partial charge on any atom is 0.0240 e. The van der Waals surface area contributed by atoms with Crippen molar-refractivity contribution >= 4 is 0 Å². The fraction of sp³-hybridized carbons (Fsp3) is 0.391. The van der Waals surface area contributed by atoms with Gasteiger partial charge in [-0.3, -0.25) is 4.90 Å².